The second-order valence-electron chi connectivity index (χ2n) is 9.74. The van der Waals surface area contributed by atoms with Gasteiger partial charge in [-0.15, -0.1) is 0 Å². The monoisotopic (exact) mass is 468 g/mol. The fourth-order valence-corrected chi connectivity index (χ4v) is 4.21. The molecule has 0 N–H and O–H groups in total. The standard InChI is InChI=1S/C29H56O4/c1-4-7-9-19-25-32-28(30)22-18-16-14-12-11-13-15-17-21-27(6-3)23-24-29(31)33-26-20-10-8-5-2/h27H,4-26H2,1-3H3. The van der Waals surface area contributed by atoms with E-state index in [1.165, 1.54) is 70.6 Å². The summed E-state index contributed by atoms with van der Waals surface area (Å²) in [6.45, 7) is 7.81. The minimum atomic E-state index is -0.0165. The van der Waals surface area contributed by atoms with Gasteiger partial charge in [-0.25, -0.2) is 0 Å². The van der Waals surface area contributed by atoms with Crippen molar-refractivity contribution in [2.24, 2.45) is 5.92 Å². The van der Waals surface area contributed by atoms with Crippen molar-refractivity contribution in [3.8, 4) is 0 Å². The second kappa shape index (κ2) is 25.6. The highest BCUT2D eigenvalue weighted by molar-refractivity contribution is 5.69. The number of hydrogen-bond donors (Lipinski definition) is 0. The maximum atomic E-state index is 11.9. The Morgan fingerprint density at radius 2 is 0.970 bits per heavy atom. The molecule has 0 saturated heterocycles. The van der Waals surface area contributed by atoms with E-state index in [0.717, 1.165) is 51.4 Å². The predicted molar refractivity (Wildman–Crippen MR) is 139 cm³/mol. The molecule has 1 unspecified atom stereocenters. The molecule has 1 atom stereocenters. The van der Waals surface area contributed by atoms with Crippen molar-refractivity contribution >= 4 is 11.9 Å². The minimum Gasteiger partial charge on any atom is -0.466 e. The number of carbonyl (C=O) groups excluding carboxylic acids is 2. The Labute approximate surface area is 206 Å². The zero-order chi connectivity index (χ0) is 24.4. The van der Waals surface area contributed by atoms with Crippen molar-refractivity contribution < 1.29 is 19.1 Å². The highest BCUT2D eigenvalue weighted by atomic mass is 16.5. The van der Waals surface area contributed by atoms with Crippen LogP contribution in [-0.4, -0.2) is 25.2 Å². The molecule has 196 valence electrons. The number of unbranched alkanes of at least 4 members (excludes halogenated alkanes) is 13. The van der Waals surface area contributed by atoms with Gasteiger partial charge in [-0.1, -0.05) is 117 Å². The van der Waals surface area contributed by atoms with Gasteiger partial charge in [0.25, 0.3) is 0 Å². The Bertz CT molecular complexity index is 435. The highest BCUT2D eigenvalue weighted by Gasteiger charge is 2.10. The molecule has 33 heavy (non-hydrogen) atoms. The maximum Gasteiger partial charge on any atom is 0.305 e. The Hall–Kier alpha value is -1.06. The van der Waals surface area contributed by atoms with Crippen LogP contribution in [0.25, 0.3) is 0 Å². The van der Waals surface area contributed by atoms with E-state index in [-0.39, 0.29) is 11.9 Å². The number of esters is 2. The van der Waals surface area contributed by atoms with E-state index in [2.05, 4.69) is 20.8 Å². The lowest BCUT2D eigenvalue weighted by atomic mass is 9.93. The molecule has 0 aromatic carbocycles. The number of rotatable bonds is 25. The van der Waals surface area contributed by atoms with E-state index >= 15 is 0 Å². The summed E-state index contributed by atoms with van der Waals surface area (Å²) in [7, 11) is 0. The first-order valence-electron chi connectivity index (χ1n) is 14.4. The van der Waals surface area contributed by atoms with E-state index in [4.69, 9.17) is 9.47 Å². The van der Waals surface area contributed by atoms with Crippen LogP contribution in [0.5, 0.6) is 0 Å². The van der Waals surface area contributed by atoms with Gasteiger partial charge in [-0.05, 0) is 31.6 Å². The molecule has 0 aromatic rings. The topological polar surface area (TPSA) is 52.6 Å². The lowest BCUT2D eigenvalue weighted by Crippen LogP contribution is -2.09. The second-order valence-corrected chi connectivity index (χ2v) is 9.74. The fourth-order valence-electron chi connectivity index (χ4n) is 4.21. The Balaban J connectivity index is 3.46. The molecule has 0 aliphatic carbocycles. The smallest absolute Gasteiger partial charge is 0.305 e. The predicted octanol–water partition coefficient (Wildman–Crippen LogP) is 8.94. The van der Waals surface area contributed by atoms with Crippen LogP contribution in [0.3, 0.4) is 0 Å². The van der Waals surface area contributed by atoms with Crippen LogP contribution in [0.15, 0.2) is 0 Å². The molecule has 0 aliphatic heterocycles. The number of ether oxygens (including phenoxy) is 2. The van der Waals surface area contributed by atoms with Crippen LogP contribution in [0.4, 0.5) is 0 Å². The zero-order valence-electron chi connectivity index (χ0n) is 22.5. The third-order valence-corrected chi connectivity index (χ3v) is 6.60. The van der Waals surface area contributed by atoms with Gasteiger partial charge in [-0.2, -0.15) is 0 Å². The molecule has 0 radical (unpaired) electrons. The normalized spacial score (nSPS) is 12.0. The van der Waals surface area contributed by atoms with Crippen molar-refractivity contribution in [3.05, 3.63) is 0 Å². The van der Waals surface area contributed by atoms with Crippen molar-refractivity contribution in [1.29, 1.82) is 0 Å². The number of hydrogen-bond acceptors (Lipinski definition) is 4. The van der Waals surface area contributed by atoms with Crippen molar-refractivity contribution in [1.82, 2.24) is 0 Å². The van der Waals surface area contributed by atoms with Crippen molar-refractivity contribution in [2.45, 2.75) is 156 Å². The molecule has 0 aliphatic rings. The van der Waals surface area contributed by atoms with E-state index in [0.29, 0.717) is 32.0 Å². The van der Waals surface area contributed by atoms with Gasteiger partial charge in [0.05, 0.1) is 13.2 Å². The first kappa shape index (κ1) is 31.9. The molecule has 0 aromatic heterocycles. The summed E-state index contributed by atoms with van der Waals surface area (Å²) in [5, 5.41) is 0. The average molecular weight is 469 g/mol. The lowest BCUT2D eigenvalue weighted by Gasteiger charge is -2.14. The Morgan fingerprint density at radius 3 is 1.48 bits per heavy atom. The maximum absolute atomic E-state index is 11.9. The molecule has 0 amide bonds. The molecule has 0 bridgehead atoms. The summed E-state index contributed by atoms with van der Waals surface area (Å²) in [4.78, 5) is 23.6. The molecule has 0 fully saturated rings. The fraction of sp³-hybridized carbons (Fsp3) is 0.931. The van der Waals surface area contributed by atoms with E-state index < -0.39 is 0 Å². The SMILES string of the molecule is CCCCCCOC(=O)CCCCCCCCCCC(CC)CCC(=O)OCCCCCC. The van der Waals surface area contributed by atoms with Gasteiger partial charge >= 0.3 is 11.9 Å². The first-order valence-corrected chi connectivity index (χ1v) is 14.4. The largest absolute Gasteiger partial charge is 0.466 e. The van der Waals surface area contributed by atoms with Crippen LogP contribution in [0, 0.1) is 5.92 Å². The summed E-state index contributed by atoms with van der Waals surface area (Å²) in [5.41, 5.74) is 0. The Morgan fingerprint density at radius 1 is 0.515 bits per heavy atom. The minimum absolute atomic E-state index is 0.00909. The first-order chi connectivity index (χ1) is 16.1. The van der Waals surface area contributed by atoms with Gasteiger partial charge in [0.15, 0.2) is 0 Å². The van der Waals surface area contributed by atoms with Gasteiger partial charge in [0, 0.05) is 12.8 Å². The molecule has 4 nitrogen and oxygen atoms in total. The van der Waals surface area contributed by atoms with Crippen LogP contribution in [0.1, 0.15) is 156 Å². The van der Waals surface area contributed by atoms with Gasteiger partial charge in [0.2, 0.25) is 0 Å². The third kappa shape index (κ3) is 23.9. The summed E-state index contributed by atoms with van der Waals surface area (Å²) in [5.74, 6) is 0.631. The summed E-state index contributed by atoms with van der Waals surface area (Å²) in [6, 6.07) is 0. The highest BCUT2D eigenvalue weighted by Crippen LogP contribution is 2.20. The van der Waals surface area contributed by atoms with E-state index in [9.17, 15) is 9.59 Å². The quantitative estimate of drug-likeness (QED) is 0.0991. The zero-order valence-corrected chi connectivity index (χ0v) is 22.5. The molecule has 0 rings (SSSR count). The van der Waals surface area contributed by atoms with E-state index in [1.54, 1.807) is 0 Å². The van der Waals surface area contributed by atoms with Crippen LogP contribution in [0.2, 0.25) is 0 Å². The lowest BCUT2D eigenvalue weighted by molar-refractivity contribution is -0.145. The molecule has 0 spiro atoms. The van der Waals surface area contributed by atoms with Gasteiger partial charge in [-0.3, -0.25) is 9.59 Å². The molecular formula is C29H56O4. The molecule has 0 heterocycles. The number of carbonyl (C=O) groups is 2. The molecule has 0 saturated carbocycles. The average Bonchev–Trinajstić information content (AvgIpc) is 2.81. The summed E-state index contributed by atoms with van der Waals surface area (Å²) < 4.78 is 10.6. The van der Waals surface area contributed by atoms with Crippen LogP contribution < -0.4 is 0 Å². The van der Waals surface area contributed by atoms with Crippen molar-refractivity contribution in [3.63, 3.8) is 0 Å². The molecule has 4 heteroatoms. The summed E-state index contributed by atoms with van der Waals surface area (Å²) in [6.07, 6.45) is 23.5. The molecular weight excluding hydrogens is 412 g/mol. The van der Waals surface area contributed by atoms with Crippen LogP contribution >= 0.6 is 0 Å². The van der Waals surface area contributed by atoms with Gasteiger partial charge < -0.3 is 9.47 Å². The van der Waals surface area contributed by atoms with E-state index in [1.807, 2.05) is 0 Å². The Kier molecular flexibility index (Phi) is 24.7. The third-order valence-electron chi connectivity index (χ3n) is 6.60. The van der Waals surface area contributed by atoms with Crippen LogP contribution in [-0.2, 0) is 19.1 Å². The van der Waals surface area contributed by atoms with Crippen molar-refractivity contribution in [2.75, 3.05) is 13.2 Å². The van der Waals surface area contributed by atoms with Gasteiger partial charge in [0.1, 0.15) is 0 Å². The summed E-state index contributed by atoms with van der Waals surface area (Å²) >= 11 is 0.